The van der Waals surface area contributed by atoms with E-state index in [1.165, 1.54) is 4.90 Å². The molecule has 92 valence electrons. The number of thiol groups is 1. The number of carbonyl (C=O) groups excluding carboxylic acids is 1. The van der Waals surface area contributed by atoms with Crippen molar-refractivity contribution in [1.29, 1.82) is 0 Å². The zero-order valence-corrected chi connectivity index (χ0v) is 11.3. The molecule has 1 aromatic carbocycles. The summed E-state index contributed by atoms with van der Waals surface area (Å²) in [5, 5.41) is 0. The van der Waals surface area contributed by atoms with E-state index in [0.29, 0.717) is 28.9 Å². The predicted molar refractivity (Wildman–Crippen MR) is 68.4 cm³/mol. The van der Waals surface area contributed by atoms with Crippen molar-refractivity contribution in [3.8, 4) is 0 Å². The fourth-order valence-corrected chi connectivity index (χ4v) is 2.63. The van der Waals surface area contributed by atoms with E-state index in [1.54, 1.807) is 0 Å². The van der Waals surface area contributed by atoms with Crippen molar-refractivity contribution >= 4 is 40.2 Å². The van der Waals surface area contributed by atoms with Crippen molar-refractivity contribution < 1.29 is 13.6 Å². The molecule has 0 saturated carbocycles. The Morgan fingerprint density at radius 2 is 2.06 bits per heavy atom. The smallest absolute Gasteiger partial charge is 0.227 e. The number of hydrogen-bond donors (Lipinski definition) is 1. The Labute approximate surface area is 112 Å². The molecule has 0 N–H and O–H groups in total. The topological polar surface area (TPSA) is 20.3 Å². The average Bonchev–Trinajstić information content (AvgIpc) is 2.65. The standard InChI is InChI=1S/C11H10BrF2NOS/c12-7-2-8(13)9(14)3-10(7)15-4-6(5-17)1-11(15)16/h2-3,6,17H,1,4-5H2. The van der Waals surface area contributed by atoms with E-state index in [9.17, 15) is 13.6 Å². The Morgan fingerprint density at radius 3 is 2.65 bits per heavy atom. The first-order valence-electron chi connectivity index (χ1n) is 5.08. The fraction of sp³-hybridized carbons (Fsp3) is 0.364. The Morgan fingerprint density at radius 1 is 1.41 bits per heavy atom. The second-order valence-electron chi connectivity index (χ2n) is 3.97. The van der Waals surface area contributed by atoms with Gasteiger partial charge in [0.05, 0.1) is 5.69 Å². The van der Waals surface area contributed by atoms with E-state index < -0.39 is 11.6 Å². The molecule has 1 aromatic rings. The number of nitrogens with zero attached hydrogens (tertiary/aromatic N) is 1. The molecule has 17 heavy (non-hydrogen) atoms. The third-order valence-corrected chi connectivity index (χ3v) is 3.90. The normalized spacial score (nSPS) is 20.1. The van der Waals surface area contributed by atoms with Crippen LogP contribution in [0.25, 0.3) is 0 Å². The van der Waals surface area contributed by atoms with Crippen molar-refractivity contribution in [2.75, 3.05) is 17.2 Å². The monoisotopic (exact) mass is 321 g/mol. The van der Waals surface area contributed by atoms with E-state index >= 15 is 0 Å². The van der Waals surface area contributed by atoms with Gasteiger partial charge < -0.3 is 4.90 Å². The average molecular weight is 322 g/mol. The molecule has 1 atom stereocenters. The third kappa shape index (κ3) is 2.47. The second kappa shape index (κ2) is 4.94. The van der Waals surface area contributed by atoms with Gasteiger partial charge in [-0.2, -0.15) is 12.6 Å². The molecular formula is C11H10BrF2NOS. The highest BCUT2D eigenvalue weighted by Gasteiger charge is 2.31. The number of rotatable bonds is 2. The van der Waals surface area contributed by atoms with Crippen LogP contribution in [-0.4, -0.2) is 18.2 Å². The number of anilines is 1. The summed E-state index contributed by atoms with van der Waals surface area (Å²) in [6.45, 7) is 0.492. The van der Waals surface area contributed by atoms with Gasteiger partial charge in [-0.05, 0) is 33.7 Å². The van der Waals surface area contributed by atoms with Crippen LogP contribution in [0.4, 0.5) is 14.5 Å². The molecule has 2 rings (SSSR count). The molecule has 1 unspecified atom stereocenters. The van der Waals surface area contributed by atoms with Crippen LogP contribution >= 0.6 is 28.6 Å². The molecule has 6 heteroatoms. The molecule has 1 aliphatic rings. The summed E-state index contributed by atoms with van der Waals surface area (Å²) in [7, 11) is 0. The van der Waals surface area contributed by atoms with Crippen LogP contribution in [0.5, 0.6) is 0 Å². The van der Waals surface area contributed by atoms with Crippen LogP contribution < -0.4 is 4.90 Å². The maximum atomic E-state index is 13.2. The summed E-state index contributed by atoms with van der Waals surface area (Å²) in [5.74, 6) is -1.21. The third-order valence-electron chi connectivity index (χ3n) is 2.74. The Balaban J connectivity index is 2.35. The first-order chi connectivity index (χ1) is 8.02. The molecule has 1 aliphatic heterocycles. The van der Waals surface area contributed by atoms with Crippen LogP contribution in [0.3, 0.4) is 0 Å². The number of benzene rings is 1. The van der Waals surface area contributed by atoms with E-state index in [2.05, 4.69) is 28.6 Å². The molecular weight excluding hydrogens is 312 g/mol. The molecule has 0 bridgehead atoms. The van der Waals surface area contributed by atoms with Gasteiger partial charge in [0, 0.05) is 23.5 Å². The number of halogens is 3. The minimum absolute atomic E-state index is 0.0873. The maximum absolute atomic E-state index is 13.2. The molecule has 0 aliphatic carbocycles. The molecule has 0 radical (unpaired) electrons. The molecule has 1 amide bonds. The van der Waals surface area contributed by atoms with Gasteiger partial charge >= 0.3 is 0 Å². The summed E-state index contributed by atoms with van der Waals surface area (Å²) in [6, 6.07) is 2.07. The zero-order chi connectivity index (χ0) is 12.6. The lowest BCUT2D eigenvalue weighted by molar-refractivity contribution is -0.117. The Hall–Kier alpha value is -0.620. The van der Waals surface area contributed by atoms with Crippen LogP contribution in [0.2, 0.25) is 0 Å². The molecule has 1 heterocycles. The van der Waals surface area contributed by atoms with Crippen LogP contribution in [0.1, 0.15) is 6.42 Å². The summed E-state index contributed by atoms with van der Waals surface area (Å²) in [4.78, 5) is 13.2. The first-order valence-corrected chi connectivity index (χ1v) is 6.51. The van der Waals surface area contributed by atoms with Gasteiger partial charge in [0.15, 0.2) is 11.6 Å². The summed E-state index contributed by atoms with van der Waals surface area (Å²) < 4.78 is 26.5. The molecule has 1 saturated heterocycles. The Bertz CT molecular complexity index is 469. The van der Waals surface area contributed by atoms with E-state index in [4.69, 9.17) is 0 Å². The van der Waals surface area contributed by atoms with Gasteiger partial charge in [-0.3, -0.25) is 4.79 Å². The quantitative estimate of drug-likeness (QED) is 0.656. The van der Waals surface area contributed by atoms with Crippen molar-refractivity contribution in [2.24, 2.45) is 5.92 Å². The second-order valence-corrected chi connectivity index (χ2v) is 5.19. The van der Waals surface area contributed by atoms with Gasteiger partial charge in [0.2, 0.25) is 5.91 Å². The zero-order valence-electron chi connectivity index (χ0n) is 8.79. The van der Waals surface area contributed by atoms with E-state index in [1.807, 2.05) is 0 Å². The Kier molecular flexibility index (Phi) is 3.73. The fourth-order valence-electron chi connectivity index (χ4n) is 1.86. The number of carbonyl (C=O) groups is 1. The summed E-state index contributed by atoms with van der Waals surface area (Å²) in [6.07, 6.45) is 0.398. The summed E-state index contributed by atoms with van der Waals surface area (Å²) in [5.41, 5.74) is 0.373. The van der Waals surface area contributed by atoms with Crippen molar-refractivity contribution in [1.82, 2.24) is 0 Å². The largest absolute Gasteiger partial charge is 0.311 e. The van der Waals surface area contributed by atoms with E-state index in [0.717, 1.165) is 12.1 Å². The van der Waals surface area contributed by atoms with E-state index in [-0.39, 0.29) is 11.8 Å². The van der Waals surface area contributed by atoms with Gasteiger partial charge in [-0.1, -0.05) is 0 Å². The maximum Gasteiger partial charge on any atom is 0.227 e. The molecule has 0 aromatic heterocycles. The number of amides is 1. The molecule has 1 fully saturated rings. The van der Waals surface area contributed by atoms with Gasteiger partial charge in [0.25, 0.3) is 0 Å². The lowest BCUT2D eigenvalue weighted by Crippen LogP contribution is -2.25. The lowest BCUT2D eigenvalue weighted by atomic mass is 10.1. The predicted octanol–water partition coefficient (Wildman–Crippen LogP) is 3.01. The minimum atomic E-state index is -0.953. The van der Waals surface area contributed by atoms with Gasteiger partial charge in [0.1, 0.15) is 0 Å². The van der Waals surface area contributed by atoms with Crippen LogP contribution in [0, 0.1) is 17.6 Å². The highest BCUT2D eigenvalue weighted by Crippen LogP contribution is 2.33. The van der Waals surface area contributed by atoms with Crippen molar-refractivity contribution in [2.45, 2.75) is 6.42 Å². The number of hydrogen-bond acceptors (Lipinski definition) is 2. The summed E-state index contributed by atoms with van der Waals surface area (Å²) >= 11 is 7.29. The van der Waals surface area contributed by atoms with Crippen LogP contribution in [-0.2, 0) is 4.79 Å². The van der Waals surface area contributed by atoms with Crippen molar-refractivity contribution in [3.05, 3.63) is 28.2 Å². The van der Waals surface area contributed by atoms with Crippen LogP contribution in [0.15, 0.2) is 16.6 Å². The molecule has 0 spiro atoms. The SMILES string of the molecule is O=C1CC(CS)CN1c1cc(F)c(F)cc1Br. The van der Waals surface area contributed by atoms with Gasteiger partial charge in [-0.25, -0.2) is 8.78 Å². The minimum Gasteiger partial charge on any atom is -0.311 e. The van der Waals surface area contributed by atoms with Gasteiger partial charge in [-0.15, -0.1) is 0 Å². The highest BCUT2D eigenvalue weighted by atomic mass is 79.9. The first kappa shape index (κ1) is 12.8. The highest BCUT2D eigenvalue weighted by molar-refractivity contribution is 9.10. The van der Waals surface area contributed by atoms with Crippen molar-refractivity contribution in [3.63, 3.8) is 0 Å². The lowest BCUT2D eigenvalue weighted by Gasteiger charge is -2.18. The molecule has 2 nitrogen and oxygen atoms in total.